The van der Waals surface area contributed by atoms with E-state index in [0.29, 0.717) is 61.7 Å². The van der Waals surface area contributed by atoms with Crippen LogP contribution in [0.15, 0.2) is 42.5 Å². The summed E-state index contributed by atoms with van der Waals surface area (Å²) >= 11 is 0. The fraction of sp³-hybridized carbons (Fsp3) is 0.545. The molecule has 3 atom stereocenters. The van der Waals surface area contributed by atoms with Crippen LogP contribution < -0.4 is 19.5 Å². The molecule has 0 aromatic heterocycles. The van der Waals surface area contributed by atoms with Crippen LogP contribution in [0.25, 0.3) is 0 Å². The number of fused-ring (bicyclic) bond motifs is 1. The molecule has 2 N–H and O–H groups in total. The van der Waals surface area contributed by atoms with Gasteiger partial charge in [-0.25, -0.2) is 0 Å². The molecule has 1 saturated carbocycles. The number of aliphatic hydroxyl groups is 1. The Morgan fingerprint density at radius 1 is 1.02 bits per heavy atom. The number of carbonyl (C=O) groups is 3. The molecule has 2 aromatic rings. The normalized spacial score (nSPS) is 21.7. The number of Topliss-reactive ketones (excluding diaryl/α,β-unsaturated/α-hetero) is 1. The van der Waals surface area contributed by atoms with Gasteiger partial charge in [-0.1, -0.05) is 33.3 Å². The number of benzene rings is 2. The van der Waals surface area contributed by atoms with Crippen LogP contribution in [0.3, 0.4) is 0 Å². The second-order valence-electron chi connectivity index (χ2n) is 11.6. The lowest BCUT2D eigenvalue weighted by Crippen LogP contribution is -2.68. The molecular weight excluding hydrogens is 550 g/mol. The topological polar surface area (TPSA) is 118 Å². The highest BCUT2D eigenvalue weighted by molar-refractivity contribution is 6.10. The molecule has 232 valence electrons. The van der Waals surface area contributed by atoms with Crippen molar-refractivity contribution < 1.29 is 33.7 Å². The molecule has 2 amide bonds. The van der Waals surface area contributed by atoms with Crippen molar-refractivity contribution in [2.24, 2.45) is 11.3 Å². The molecule has 5 rings (SSSR count). The third-order valence-electron chi connectivity index (χ3n) is 9.30. The molecule has 2 fully saturated rings. The Bertz CT molecular complexity index is 1300. The van der Waals surface area contributed by atoms with Crippen molar-refractivity contribution in [1.29, 1.82) is 0 Å². The molecule has 10 heteroatoms. The van der Waals surface area contributed by atoms with E-state index in [1.165, 1.54) is 0 Å². The Kier molecular flexibility index (Phi) is 9.56. The SMILES string of the molecule is CCCC(NC(=O)C1C(=O)C(CC)(CC)[C@@H]1Oc1ccc(C(=O)N2CCN(CCO)CC2)cc1)c1ccc2c(c1)OCO2. The van der Waals surface area contributed by atoms with Crippen LogP contribution >= 0.6 is 0 Å². The summed E-state index contributed by atoms with van der Waals surface area (Å²) in [6.45, 7) is 9.56. The minimum atomic E-state index is -0.926. The molecule has 1 saturated heterocycles. The molecule has 1 aliphatic carbocycles. The van der Waals surface area contributed by atoms with E-state index in [0.717, 1.165) is 25.1 Å². The average Bonchev–Trinajstić information content (AvgIpc) is 3.50. The van der Waals surface area contributed by atoms with E-state index in [4.69, 9.17) is 19.3 Å². The molecule has 43 heavy (non-hydrogen) atoms. The smallest absolute Gasteiger partial charge is 0.253 e. The molecule has 3 aliphatic rings. The Balaban J connectivity index is 1.28. The number of hydrogen-bond donors (Lipinski definition) is 2. The summed E-state index contributed by atoms with van der Waals surface area (Å²) in [4.78, 5) is 44.3. The van der Waals surface area contributed by atoms with Crippen LogP contribution in [-0.4, -0.2) is 84.7 Å². The van der Waals surface area contributed by atoms with Crippen molar-refractivity contribution in [2.45, 2.75) is 58.6 Å². The van der Waals surface area contributed by atoms with Crippen LogP contribution in [-0.2, 0) is 9.59 Å². The lowest BCUT2D eigenvalue weighted by atomic mass is 9.55. The fourth-order valence-electron chi connectivity index (χ4n) is 6.57. The minimum Gasteiger partial charge on any atom is -0.488 e. The number of nitrogens with zero attached hydrogens (tertiary/aromatic N) is 2. The highest BCUT2D eigenvalue weighted by atomic mass is 16.7. The van der Waals surface area contributed by atoms with Gasteiger partial charge >= 0.3 is 0 Å². The van der Waals surface area contributed by atoms with Crippen molar-refractivity contribution in [2.75, 3.05) is 46.1 Å². The highest BCUT2D eigenvalue weighted by Crippen LogP contribution is 2.50. The first kappa shape index (κ1) is 30.8. The number of β-amino-alcohol motifs (C(OH)–C–C–N with tert-alkyl or cyclic N) is 1. The Labute approximate surface area is 253 Å². The van der Waals surface area contributed by atoms with Gasteiger partial charge < -0.3 is 29.5 Å². The number of hydrogen-bond acceptors (Lipinski definition) is 8. The molecule has 0 spiro atoms. The van der Waals surface area contributed by atoms with Crippen molar-refractivity contribution in [3.8, 4) is 17.2 Å². The van der Waals surface area contributed by atoms with Gasteiger partial charge in [0.2, 0.25) is 12.7 Å². The van der Waals surface area contributed by atoms with E-state index >= 15 is 0 Å². The second kappa shape index (κ2) is 13.3. The third-order valence-corrected chi connectivity index (χ3v) is 9.30. The van der Waals surface area contributed by atoms with E-state index in [1.807, 2.05) is 36.9 Å². The number of rotatable bonds is 12. The second-order valence-corrected chi connectivity index (χ2v) is 11.6. The zero-order valence-electron chi connectivity index (χ0n) is 25.3. The lowest BCUT2D eigenvalue weighted by Gasteiger charge is -2.51. The molecule has 2 unspecified atom stereocenters. The van der Waals surface area contributed by atoms with Gasteiger partial charge in [-0.05, 0) is 61.2 Å². The van der Waals surface area contributed by atoms with Crippen LogP contribution in [0, 0.1) is 11.3 Å². The molecule has 2 aliphatic heterocycles. The molecule has 2 aromatic carbocycles. The number of ether oxygens (including phenoxy) is 3. The summed E-state index contributed by atoms with van der Waals surface area (Å²) in [5.74, 6) is 0.446. The van der Waals surface area contributed by atoms with Gasteiger partial charge in [0.15, 0.2) is 17.3 Å². The van der Waals surface area contributed by atoms with E-state index in [2.05, 4.69) is 17.1 Å². The van der Waals surface area contributed by atoms with Gasteiger partial charge in [-0.2, -0.15) is 0 Å². The van der Waals surface area contributed by atoms with Gasteiger partial charge in [0, 0.05) is 38.3 Å². The van der Waals surface area contributed by atoms with Gasteiger partial charge in [0.05, 0.1) is 18.1 Å². The monoisotopic (exact) mass is 593 g/mol. The molecular formula is C33H43N3O7. The van der Waals surface area contributed by atoms with Crippen molar-refractivity contribution in [3.05, 3.63) is 53.6 Å². The number of piperazine rings is 1. The van der Waals surface area contributed by atoms with Crippen molar-refractivity contribution >= 4 is 17.6 Å². The summed E-state index contributed by atoms with van der Waals surface area (Å²) in [7, 11) is 0. The molecule has 10 nitrogen and oxygen atoms in total. The zero-order chi connectivity index (χ0) is 30.6. The van der Waals surface area contributed by atoms with E-state index in [9.17, 15) is 14.4 Å². The van der Waals surface area contributed by atoms with Crippen LogP contribution in [0.5, 0.6) is 17.2 Å². The largest absolute Gasteiger partial charge is 0.488 e. The first-order valence-corrected chi connectivity index (χ1v) is 15.5. The summed E-state index contributed by atoms with van der Waals surface area (Å²) in [6, 6.07) is 12.3. The maximum atomic E-state index is 13.7. The van der Waals surface area contributed by atoms with E-state index in [-0.39, 0.29) is 37.0 Å². The Morgan fingerprint density at radius 3 is 2.37 bits per heavy atom. The summed E-state index contributed by atoms with van der Waals surface area (Å²) in [5.41, 5.74) is 0.713. The summed E-state index contributed by atoms with van der Waals surface area (Å²) in [6.07, 6.45) is 2.06. The number of ketones is 1. The van der Waals surface area contributed by atoms with Crippen molar-refractivity contribution in [1.82, 2.24) is 15.1 Å². The maximum Gasteiger partial charge on any atom is 0.253 e. The van der Waals surface area contributed by atoms with Gasteiger partial charge in [0.25, 0.3) is 5.91 Å². The number of aliphatic hydroxyl groups excluding tert-OH is 1. The molecule has 0 bridgehead atoms. The maximum absolute atomic E-state index is 13.7. The van der Waals surface area contributed by atoms with Crippen molar-refractivity contribution in [3.63, 3.8) is 0 Å². The van der Waals surface area contributed by atoms with Crippen LogP contribution in [0.4, 0.5) is 0 Å². The van der Waals surface area contributed by atoms with E-state index < -0.39 is 17.4 Å². The predicted molar refractivity (Wildman–Crippen MR) is 160 cm³/mol. The molecule has 0 radical (unpaired) electrons. The third kappa shape index (κ3) is 6.08. The quantitative estimate of drug-likeness (QED) is 0.359. The van der Waals surface area contributed by atoms with E-state index in [1.54, 1.807) is 24.3 Å². The van der Waals surface area contributed by atoms with Crippen LogP contribution in [0.2, 0.25) is 0 Å². The first-order valence-electron chi connectivity index (χ1n) is 15.5. The summed E-state index contributed by atoms with van der Waals surface area (Å²) in [5, 5.41) is 12.3. The Hall–Kier alpha value is -3.63. The zero-order valence-corrected chi connectivity index (χ0v) is 25.3. The number of nitrogens with one attached hydrogen (secondary N) is 1. The fourth-order valence-corrected chi connectivity index (χ4v) is 6.57. The van der Waals surface area contributed by atoms with Gasteiger partial charge in [0.1, 0.15) is 17.8 Å². The van der Waals surface area contributed by atoms with Gasteiger partial charge in [-0.15, -0.1) is 0 Å². The van der Waals surface area contributed by atoms with Gasteiger partial charge in [-0.3, -0.25) is 19.3 Å². The summed E-state index contributed by atoms with van der Waals surface area (Å²) < 4.78 is 17.4. The standard InChI is InChI=1S/C33H43N3O7/c1-4-7-25(23-10-13-26-27(20-23)42-21-41-26)34-31(39)28-29(38)33(5-2,6-3)30(28)43-24-11-8-22(9-12-24)32(40)36-16-14-35(15-17-36)18-19-37/h8-13,20,25,28,30,37H,4-7,14-19,21H2,1-3H3,(H,34,39)/t25?,28?,30-/m1/s1. The first-order chi connectivity index (χ1) is 20.8. The Morgan fingerprint density at radius 2 is 1.72 bits per heavy atom. The molecule has 2 heterocycles. The highest BCUT2D eigenvalue weighted by Gasteiger charge is 2.64. The van der Waals surface area contributed by atoms with Crippen LogP contribution in [0.1, 0.15) is 68.4 Å². The average molecular weight is 594 g/mol. The number of carbonyl (C=O) groups excluding carboxylic acids is 3. The minimum absolute atomic E-state index is 0.0479. The lowest BCUT2D eigenvalue weighted by molar-refractivity contribution is -0.173. The number of amides is 2. The predicted octanol–water partition coefficient (Wildman–Crippen LogP) is 3.58.